The van der Waals surface area contributed by atoms with Crippen LogP contribution in [0, 0.1) is 0 Å². The molecular formula is C2H12B2S. The van der Waals surface area contributed by atoms with Crippen molar-refractivity contribution in [1.29, 1.82) is 0 Å². The molecule has 0 aliphatic heterocycles. The van der Waals surface area contributed by atoms with Gasteiger partial charge in [0.25, 0.3) is 0 Å². The highest BCUT2D eigenvalue weighted by atomic mass is 32.1. The molecule has 32 valence electrons. The molecule has 0 saturated carbocycles. The largest absolute Gasteiger partial charge is 0.197 e. The van der Waals surface area contributed by atoms with E-state index in [1.54, 1.807) is 0 Å². The van der Waals surface area contributed by atoms with Gasteiger partial charge >= 0.3 is 0 Å². The predicted molar refractivity (Wildman–Crippen MR) is 39.2 cm³/mol. The molecule has 0 aromatic heterocycles. The summed E-state index contributed by atoms with van der Waals surface area (Å²) in [5.41, 5.74) is 0. The van der Waals surface area contributed by atoms with Gasteiger partial charge < -0.3 is 0 Å². The molecule has 0 saturated heterocycles. The number of hydrogen-bond acceptors (Lipinski definition) is 0. The molecule has 0 nitrogen and oxygen atoms in total. The smallest absolute Gasteiger partial charge is 0.0973 e. The van der Waals surface area contributed by atoms with Crippen molar-refractivity contribution in [2.24, 2.45) is 0 Å². The molecule has 0 N–H and O–H groups in total. The Morgan fingerprint density at radius 3 is 0.800 bits per heavy atom. The van der Waals surface area contributed by atoms with Crippen LogP contribution in [0.5, 0.6) is 0 Å². The lowest BCUT2D eigenvalue weighted by Crippen LogP contribution is -1.13. The molecular weight excluding hydrogens is 77.7 g/mol. The monoisotopic (exact) mass is 90.1 g/mol. The minimum Gasteiger partial charge on any atom is -0.197 e. The van der Waals surface area contributed by atoms with Gasteiger partial charge in [-0.25, -0.2) is 0 Å². The average Bonchev–Trinajstić information content (AvgIpc) is 1.50. The fourth-order valence-corrected chi connectivity index (χ4v) is 0. The fourth-order valence-electron chi connectivity index (χ4n) is 0. The van der Waals surface area contributed by atoms with E-state index in [2.05, 4.69) is 0 Å². The maximum Gasteiger partial charge on any atom is 0.0973 e. The van der Waals surface area contributed by atoms with Crippen LogP contribution < -0.4 is 0 Å². The summed E-state index contributed by atoms with van der Waals surface area (Å²) >= 11 is 0. The third-order valence-electron chi connectivity index (χ3n) is 0. The van der Waals surface area contributed by atoms with Crippen molar-refractivity contribution < 1.29 is 0 Å². The molecule has 0 fully saturated rings. The lowest BCUT2D eigenvalue weighted by molar-refractivity contribution is 2.39. The Morgan fingerprint density at radius 2 is 0.800 bits per heavy atom. The molecule has 0 heterocycles. The summed E-state index contributed by atoms with van der Waals surface area (Å²) < 4.78 is 0. The van der Waals surface area contributed by atoms with E-state index in [1.165, 1.54) is 0 Å². The minimum atomic E-state index is 0. The predicted octanol–water partition coefficient (Wildman–Crippen LogP) is -0.552. The standard InChI is InChI=1S/2CH5B.H2S/c2*1-2;/h2*2H2,1H3;1H2. The summed E-state index contributed by atoms with van der Waals surface area (Å²) in [5.74, 6) is 0. The van der Waals surface area contributed by atoms with Gasteiger partial charge in [-0.15, -0.1) is 0 Å². The Balaban J connectivity index is -0.0000000133. The molecule has 0 amide bonds. The minimum absolute atomic E-state index is 0. The second-order valence-electron chi connectivity index (χ2n) is 0. The van der Waals surface area contributed by atoms with Gasteiger partial charge in [-0.1, -0.05) is 13.6 Å². The highest BCUT2D eigenvalue weighted by molar-refractivity contribution is 7.59. The van der Waals surface area contributed by atoms with Crippen LogP contribution in [0.15, 0.2) is 0 Å². The SMILES string of the molecule is BC.BC.S. The van der Waals surface area contributed by atoms with Crippen LogP contribution in [0.25, 0.3) is 0 Å². The Labute approximate surface area is 43.6 Å². The first-order valence-corrected chi connectivity index (χ1v) is 2.00. The van der Waals surface area contributed by atoms with Gasteiger partial charge in [0.1, 0.15) is 0 Å². The summed E-state index contributed by atoms with van der Waals surface area (Å²) in [6.07, 6.45) is 0. The van der Waals surface area contributed by atoms with Gasteiger partial charge in [0.05, 0.1) is 15.7 Å². The van der Waals surface area contributed by atoms with E-state index < -0.39 is 0 Å². The van der Waals surface area contributed by atoms with Crippen LogP contribution in [0.1, 0.15) is 0 Å². The van der Waals surface area contributed by atoms with Gasteiger partial charge in [-0.3, -0.25) is 0 Å². The quantitative estimate of drug-likeness (QED) is 0.350. The first-order chi connectivity index (χ1) is 2.00. The van der Waals surface area contributed by atoms with Gasteiger partial charge in [0.15, 0.2) is 0 Å². The third kappa shape index (κ3) is 120. The maximum absolute atomic E-state index is 2.00. The third-order valence-corrected chi connectivity index (χ3v) is 0. The molecule has 0 aliphatic rings. The van der Waals surface area contributed by atoms with Crippen LogP contribution in [0.2, 0.25) is 13.6 Å². The average molecular weight is 89.8 g/mol. The number of hydrogen-bond donors (Lipinski definition) is 0. The van der Waals surface area contributed by atoms with Crippen LogP contribution in [0.4, 0.5) is 0 Å². The molecule has 0 aliphatic carbocycles. The van der Waals surface area contributed by atoms with Gasteiger partial charge in [-0.2, -0.15) is 13.5 Å². The van der Waals surface area contributed by atoms with E-state index >= 15 is 0 Å². The molecule has 0 bridgehead atoms. The summed E-state index contributed by atoms with van der Waals surface area (Å²) in [7, 11) is 4.00. The molecule has 0 unspecified atom stereocenters. The van der Waals surface area contributed by atoms with Crippen molar-refractivity contribution in [3.63, 3.8) is 0 Å². The zero-order valence-electron chi connectivity index (χ0n) is 4.50. The number of rotatable bonds is 0. The van der Waals surface area contributed by atoms with Gasteiger partial charge in [0.2, 0.25) is 0 Å². The summed E-state index contributed by atoms with van der Waals surface area (Å²) in [6, 6.07) is 0. The van der Waals surface area contributed by atoms with Crippen molar-refractivity contribution in [1.82, 2.24) is 0 Å². The second-order valence-corrected chi connectivity index (χ2v) is 0. The maximum atomic E-state index is 2.00. The van der Waals surface area contributed by atoms with E-state index in [9.17, 15) is 0 Å². The van der Waals surface area contributed by atoms with Gasteiger partial charge in [0, 0.05) is 0 Å². The first kappa shape index (κ1) is 17.9. The molecule has 3 heteroatoms. The lowest BCUT2D eigenvalue weighted by Gasteiger charge is -1.00. The second kappa shape index (κ2) is 236. The van der Waals surface area contributed by atoms with Crippen molar-refractivity contribution in [3.8, 4) is 0 Å². The van der Waals surface area contributed by atoms with Crippen molar-refractivity contribution in [3.05, 3.63) is 0 Å². The van der Waals surface area contributed by atoms with Crippen LogP contribution >= 0.6 is 13.5 Å². The first-order valence-electron chi connectivity index (χ1n) is 2.00. The van der Waals surface area contributed by atoms with Crippen molar-refractivity contribution in [2.45, 2.75) is 13.6 Å². The van der Waals surface area contributed by atoms with E-state index in [4.69, 9.17) is 0 Å². The van der Waals surface area contributed by atoms with Gasteiger partial charge in [-0.05, 0) is 0 Å². The Kier molecular flexibility index (Phi) is 843. The molecule has 0 spiro atoms. The Bertz CT molecular complexity index is 7.61. The van der Waals surface area contributed by atoms with Crippen LogP contribution in [-0.4, -0.2) is 15.7 Å². The Hall–Kier alpha value is 0.480. The molecule has 5 heavy (non-hydrogen) atoms. The van der Waals surface area contributed by atoms with Crippen molar-refractivity contribution >= 4 is 29.2 Å². The summed E-state index contributed by atoms with van der Waals surface area (Å²) in [6.45, 7) is 4.00. The van der Waals surface area contributed by atoms with Crippen LogP contribution in [-0.2, 0) is 0 Å². The van der Waals surface area contributed by atoms with Crippen LogP contribution in [0.3, 0.4) is 0 Å². The highest BCUT2D eigenvalue weighted by Crippen LogP contribution is 0.962. The Morgan fingerprint density at radius 1 is 0.800 bits per heavy atom. The zero-order chi connectivity index (χ0) is 4.00. The van der Waals surface area contributed by atoms with E-state index in [1.807, 2.05) is 29.3 Å². The van der Waals surface area contributed by atoms with E-state index in [-0.39, 0.29) is 13.5 Å². The molecule has 0 radical (unpaired) electrons. The molecule has 0 aromatic rings. The topological polar surface area (TPSA) is 0 Å². The molecule has 0 rings (SSSR count). The fraction of sp³-hybridized carbons (Fsp3) is 1.00. The van der Waals surface area contributed by atoms with E-state index in [0.717, 1.165) is 0 Å². The zero-order valence-corrected chi connectivity index (χ0v) is 5.50. The summed E-state index contributed by atoms with van der Waals surface area (Å²) in [4.78, 5) is 0. The highest BCUT2D eigenvalue weighted by Gasteiger charge is 1.01. The summed E-state index contributed by atoms with van der Waals surface area (Å²) in [5, 5.41) is 0. The lowest BCUT2D eigenvalue weighted by atomic mass is 10.2. The molecule has 0 aromatic carbocycles. The van der Waals surface area contributed by atoms with E-state index in [0.29, 0.717) is 0 Å². The molecule has 0 atom stereocenters. The normalized spacial score (nSPS) is 2.00. The van der Waals surface area contributed by atoms with Crippen molar-refractivity contribution in [2.75, 3.05) is 0 Å².